The first-order valence-corrected chi connectivity index (χ1v) is 9.71. The molecule has 0 saturated carbocycles. The molecule has 0 fully saturated rings. The molecule has 3 aromatic heterocycles. The maximum atomic E-state index is 15.2. The first kappa shape index (κ1) is 18.6. The highest BCUT2D eigenvalue weighted by Crippen LogP contribution is 2.29. The van der Waals surface area contributed by atoms with Crippen LogP contribution in [0.5, 0.6) is 0 Å². The summed E-state index contributed by atoms with van der Waals surface area (Å²) < 4.78 is 15.2. The van der Waals surface area contributed by atoms with E-state index >= 15 is 4.39 Å². The van der Waals surface area contributed by atoms with Crippen LogP contribution in [0, 0.1) is 12.4 Å². The van der Waals surface area contributed by atoms with E-state index in [1.54, 1.807) is 36.8 Å². The van der Waals surface area contributed by atoms with Gasteiger partial charge in [-0.1, -0.05) is 24.3 Å². The Hall–Kier alpha value is -4.37. The van der Waals surface area contributed by atoms with Crippen molar-refractivity contribution < 1.29 is 4.39 Å². The quantitative estimate of drug-likeness (QED) is 0.365. The van der Waals surface area contributed by atoms with Crippen LogP contribution in [0.25, 0.3) is 37.8 Å². The zero-order valence-electron chi connectivity index (χ0n) is 16.4. The summed E-state index contributed by atoms with van der Waals surface area (Å²) in [5, 5.41) is 4.96. The maximum absolute atomic E-state index is 15.2. The summed E-state index contributed by atoms with van der Waals surface area (Å²) in [7, 11) is 0. The molecule has 0 atom stereocenters. The molecule has 5 nitrogen and oxygen atoms in total. The molecular formula is C25H16FN5. The molecule has 6 heteroatoms. The second-order valence-electron chi connectivity index (χ2n) is 7.12. The SMILES string of the molecule is [C-]#[N+]c1ccc2cc(CNc3nccc(-c4ccc5ncccc5c4)c3F)cnc2c1. The molecular weight excluding hydrogens is 389 g/mol. The van der Waals surface area contributed by atoms with Gasteiger partial charge < -0.3 is 5.32 Å². The number of benzene rings is 2. The number of rotatable bonds is 4. The molecule has 0 radical (unpaired) electrons. The number of nitrogens with zero attached hydrogens (tertiary/aromatic N) is 4. The smallest absolute Gasteiger partial charge is 0.189 e. The van der Waals surface area contributed by atoms with E-state index in [1.807, 2.05) is 42.5 Å². The number of hydrogen-bond donors (Lipinski definition) is 1. The number of fused-ring (bicyclic) bond motifs is 2. The summed E-state index contributed by atoms with van der Waals surface area (Å²) in [5.74, 6) is -0.214. The standard InChI is InChI=1S/C25H16FN5/c1-27-20-6-4-19-11-16(14-30-23(19)13-20)15-31-25-24(26)21(8-10-29-25)17-5-7-22-18(12-17)3-2-9-28-22/h2-14H,15H2,(H,29,31). The minimum atomic E-state index is -0.402. The molecule has 5 rings (SSSR count). The molecule has 0 aliphatic carbocycles. The lowest BCUT2D eigenvalue weighted by atomic mass is 10.0. The number of pyridine rings is 3. The summed E-state index contributed by atoms with van der Waals surface area (Å²) in [6.45, 7) is 7.48. The van der Waals surface area contributed by atoms with Crippen LogP contribution in [0.15, 0.2) is 79.3 Å². The molecule has 0 saturated heterocycles. The fourth-order valence-electron chi connectivity index (χ4n) is 3.54. The average Bonchev–Trinajstić information content (AvgIpc) is 2.82. The van der Waals surface area contributed by atoms with E-state index < -0.39 is 5.82 Å². The molecule has 31 heavy (non-hydrogen) atoms. The predicted octanol–water partition coefficient (Wildman–Crippen LogP) is 6.15. The van der Waals surface area contributed by atoms with Gasteiger partial charge in [0.15, 0.2) is 17.3 Å². The maximum Gasteiger partial charge on any atom is 0.189 e. The van der Waals surface area contributed by atoms with Gasteiger partial charge in [0, 0.05) is 36.1 Å². The van der Waals surface area contributed by atoms with Gasteiger partial charge in [-0.3, -0.25) is 9.97 Å². The van der Waals surface area contributed by atoms with Gasteiger partial charge in [0.2, 0.25) is 0 Å². The molecule has 1 N–H and O–H groups in total. The van der Waals surface area contributed by atoms with Crippen LogP contribution in [0.1, 0.15) is 5.56 Å². The van der Waals surface area contributed by atoms with Crippen LogP contribution >= 0.6 is 0 Å². The van der Waals surface area contributed by atoms with E-state index in [9.17, 15) is 0 Å². The lowest BCUT2D eigenvalue weighted by Crippen LogP contribution is -2.05. The fraction of sp³-hybridized carbons (Fsp3) is 0.0400. The molecule has 0 aliphatic rings. The van der Waals surface area contributed by atoms with Crippen molar-refractivity contribution >= 4 is 33.3 Å². The third-order valence-electron chi connectivity index (χ3n) is 5.12. The third-order valence-corrected chi connectivity index (χ3v) is 5.12. The van der Waals surface area contributed by atoms with Crippen molar-refractivity contribution in [3.05, 3.63) is 102 Å². The molecule has 2 aromatic carbocycles. The van der Waals surface area contributed by atoms with Crippen LogP contribution < -0.4 is 5.32 Å². The fourth-order valence-corrected chi connectivity index (χ4v) is 3.54. The number of anilines is 1. The Balaban J connectivity index is 1.41. The summed E-state index contributed by atoms with van der Waals surface area (Å²) in [4.78, 5) is 16.3. The Morgan fingerprint density at radius 1 is 0.871 bits per heavy atom. The van der Waals surface area contributed by atoms with E-state index in [0.717, 1.165) is 32.9 Å². The van der Waals surface area contributed by atoms with Crippen LogP contribution in [0.2, 0.25) is 0 Å². The Morgan fingerprint density at radius 2 is 1.77 bits per heavy atom. The van der Waals surface area contributed by atoms with Gasteiger partial charge in [-0.05, 0) is 52.9 Å². The number of aromatic nitrogens is 3. The molecule has 0 bridgehead atoms. The molecule has 3 heterocycles. The van der Waals surface area contributed by atoms with Crippen LogP contribution in [-0.2, 0) is 6.54 Å². The van der Waals surface area contributed by atoms with Gasteiger partial charge in [-0.15, -0.1) is 0 Å². The number of halogens is 1. The predicted molar refractivity (Wildman–Crippen MR) is 120 cm³/mol. The average molecular weight is 405 g/mol. The lowest BCUT2D eigenvalue weighted by molar-refractivity contribution is 0.628. The highest BCUT2D eigenvalue weighted by molar-refractivity contribution is 5.85. The van der Waals surface area contributed by atoms with Crippen molar-refractivity contribution in [3.63, 3.8) is 0 Å². The van der Waals surface area contributed by atoms with Crippen molar-refractivity contribution in [1.29, 1.82) is 0 Å². The highest BCUT2D eigenvalue weighted by Gasteiger charge is 2.12. The van der Waals surface area contributed by atoms with E-state index in [4.69, 9.17) is 6.57 Å². The van der Waals surface area contributed by atoms with Gasteiger partial charge in [0.05, 0.1) is 17.6 Å². The van der Waals surface area contributed by atoms with Gasteiger partial charge in [-0.25, -0.2) is 14.2 Å². The van der Waals surface area contributed by atoms with Crippen LogP contribution in [0.4, 0.5) is 15.9 Å². The van der Waals surface area contributed by atoms with Gasteiger partial charge in [-0.2, -0.15) is 0 Å². The number of nitrogens with one attached hydrogen (secondary N) is 1. The molecule has 0 spiro atoms. The zero-order valence-corrected chi connectivity index (χ0v) is 16.4. The Morgan fingerprint density at radius 3 is 2.68 bits per heavy atom. The second kappa shape index (κ2) is 7.81. The normalized spacial score (nSPS) is 10.8. The van der Waals surface area contributed by atoms with Crippen molar-refractivity contribution in [2.45, 2.75) is 6.54 Å². The van der Waals surface area contributed by atoms with E-state index in [2.05, 4.69) is 25.1 Å². The second-order valence-corrected chi connectivity index (χ2v) is 7.12. The largest absolute Gasteiger partial charge is 0.363 e. The first-order valence-electron chi connectivity index (χ1n) is 9.71. The summed E-state index contributed by atoms with van der Waals surface area (Å²) in [6.07, 6.45) is 5.06. The van der Waals surface area contributed by atoms with Crippen molar-refractivity contribution in [3.8, 4) is 11.1 Å². The van der Waals surface area contributed by atoms with E-state index in [1.165, 1.54) is 0 Å². The van der Waals surface area contributed by atoms with Gasteiger partial charge in [0.1, 0.15) is 0 Å². The van der Waals surface area contributed by atoms with Gasteiger partial charge in [0.25, 0.3) is 0 Å². The van der Waals surface area contributed by atoms with Gasteiger partial charge >= 0.3 is 0 Å². The van der Waals surface area contributed by atoms with Crippen LogP contribution in [-0.4, -0.2) is 15.0 Å². The zero-order chi connectivity index (χ0) is 21.2. The number of hydrogen-bond acceptors (Lipinski definition) is 4. The van der Waals surface area contributed by atoms with E-state index in [-0.39, 0.29) is 5.82 Å². The first-order chi connectivity index (χ1) is 15.2. The summed E-state index contributed by atoms with van der Waals surface area (Å²) >= 11 is 0. The minimum Gasteiger partial charge on any atom is -0.363 e. The van der Waals surface area contributed by atoms with Crippen molar-refractivity contribution in [2.75, 3.05) is 5.32 Å². The van der Waals surface area contributed by atoms with Crippen molar-refractivity contribution in [2.24, 2.45) is 0 Å². The Labute approximate surface area is 178 Å². The molecule has 5 aromatic rings. The monoisotopic (exact) mass is 405 g/mol. The highest BCUT2D eigenvalue weighted by atomic mass is 19.1. The minimum absolute atomic E-state index is 0.187. The lowest BCUT2D eigenvalue weighted by Gasteiger charge is -2.11. The molecule has 0 aliphatic heterocycles. The van der Waals surface area contributed by atoms with Crippen LogP contribution in [0.3, 0.4) is 0 Å². The molecule has 0 amide bonds. The molecule has 0 unspecified atom stereocenters. The van der Waals surface area contributed by atoms with Crippen molar-refractivity contribution in [1.82, 2.24) is 15.0 Å². The third kappa shape index (κ3) is 3.65. The molecule has 148 valence electrons. The Bertz CT molecular complexity index is 1470. The summed E-state index contributed by atoms with van der Waals surface area (Å²) in [6, 6.07) is 18.5. The van der Waals surface area contributed by atoms with E-state index in [0.29, 0.717) is 17.8 Å². The summed E-state index contributed by atoms with van der Waals surface area (Å²) in [5.41, 5.74) is 4.32. The Kier molecular flexibility index (Phi) is 4.70. The topological polar surface area (TPSA) is 55.1 Å².